The van der Waals surface area contributed by atoms with Crippen LogP contribution in [-0.4, -0.2) is 14.2 Å². The van der Waals surface area contributed by atoms with Crippen LogP contribution in [0.5, 0.6) is 11.5 Å². The summed E-state index contributed by atoms with van der Waals surface area (Å²) in [5.74, 6) is 1.40. The fourth-order valence-corrected chi connectivity index (χ4v) is 1.71. The minimum Gasteiger partial charge on any atom is -0.493 e. The van der Waals surface area contributed by atoms with Crippen LogP contribution in [0.15, 0.2) is 23.2 Å². The summed E-state index contributed by atoms with van der Waals surface area (Å²) in [6.45, 7) is 3.70. The lowest BCUT2D eigenvalue weighted by Crippen LogP contribution is -1.92. The minimum atomic E-state index is 0.694. The van der Waals surface area contributed by atoms with Gasteiger partial charge in [-0.2, -0.15) is 0 Å². The smallest absolute Gasteiger partial charge is 0.175 e. The number of halogens is 1. The van der Waals surface area contributed by atoms with Crippen LogP contribution in [0.2, 0.25) is 0 Å². The summed E-state index contributed by atoms with van der Waals surface area (Å²) in [5.41, 5.74) is 0.984. The first-order valence-corrected chi connectivity index (χ1v) is 4.56. The normalized spacial score (nSPS) is 9.46. The van der Waals surface area contributed by atoms with Crippen LogP contribution in [0.4, 0.5) is 0 Å². The maximum absolute atomic E-state index is 5.19. The number of rotatable bonds is 3. The standard InChI is InChI=1S/C10H11BrO2/c1-4-7-5-6-8(12-2)10(13-3)9(7)11/h4-6H,1H2,2-3H3. The van der Waals surface area contributed by atoms with Crippen molar-refractivity contribution in [3.8, 4) is 11.5 Å². The maximum Gasteiger partial charge on any atom is 0.175 e. The molecule has 0 fully saturated rings. The van der Waals surface area contributed by atoms with E-state index in [4.69, 9.17) is 9.47 Å². The largest absolute Gasteiger partial charge is 0.493 e. The van der Waals surface area contributed by atoms with Gasteiger partial charge in [0.2, 0.25) is 0 Å². The van der Waals surface area contributed by atoms with Crippen molar-refractivity contribution in [1.29, 1.82) is 0 Å². The van der Waals surface area contributed by atoms with Gasteiger partial charge in [-0.25, -0.2) is 0 Å². The van der Waals surface area contributed by atoms with Gasteiger partial charge in [0.05, 0.1) is 18.7 Å². The van der Waals surface area contributed by atoms with Crippen molar-refractivity contribution in [1.82, 2.24) is 0 Å². The molecule has 0 N–H and O–H groups in total. The van der Waals surface area contributed by atoms with E-state index < -0.39 is 0 Å². The van der Waals surface area contributed by atoms with Crippen LogP contribution in [0.1, 0.15) is 5.56 Å². The molecule has 0 aliphatic rings. The quantitative estimate of drug-likeness (QED) is 0.812. The summed E-state index contributed by atoms with van der Waals surface area (Å²) in [4.78, 5) is 0. The molecule has 0 radical (unpaired) electrons. The predicted molar refractivity (Wildman–Crippen MR) is 57.3 cm³/mol. The Labute approximate surface area is 86.3 Å². The van der Waals surface area contributed by atoms with Gasteiger partial charge in [0, 0.05) is 0 Å². The molecular weight excluding hydrogens is 232 g/mol. The van der Waals surface area contributed by atoms with E-state index in [-0.39, 0.29) is 0 Å². The highest BCUT2D eigenvalue weighted by Gasteiger charge is 2.09. The second-order valence-corrected chi connectivity index (χ2v) is 3.20. The molecule has 2 nitrogen and oxygen atoms in total. The molecule has 1 aromatic carbocycles. The average Bonchev–Trinajstić information content (AvgIpc) is 2.17. The van der Waals surface area contributed by atoms with Crippen molar-refractivity contribution in [3.05, 3.63) is 28.7 Å². The second kappa shape index (κ2) is 4.33. The van der Waals surface area contributed by atoms with Gasteiger partial charge < -0.3 is 9.47 Å². The summed E-state index contributed by atoms with van der Waals surface area (Å²) in [7, 11) is 3.22. The lowest BCUT2D eigenvalue weighted by atomic mass is 10.2. The zero-order chi connectivity index (χ0) is 9.84. The lowest BCUT2D eigenvalue weighted by Gasteiger charge is -2.10. The zero-order valence-electron chi connectivity index (χ0n) is 7.63. The SMILES string of the molecule is C=Cc1ccc(OC)c(OC)c1Br. The fraction of sp³-hybridized carbons (Fsp3) is 0.200. The molecule has 1 aromatic rings. The Bertz CT molecular complexity index is 321. The summed E-state index contributed by atoms with van der Waals surface area (Å²) < 4.78 is 11.2. The van der Waals surface area contributed by atoms with E-state index in [2.05, 4.69) is 22.5 Å². The molecule has 0 heterocycles. The highest BCUT2D eigenvalue weighted by atomic mass is 79.9. The molecule has 13 heavy (non-hydrogen) atoms. The number of hydrogen-bond donors (Lipinski definition) is 0. The van der Waals surface area contributed by atoms with E-state index in [0.717, 1.165) is 10.0 Å². The Balaban J connectivity index is 3.31. The Morgan fingerprint density at radius 1 is 1.31 bits per heavy atom. The third kappa shape index (κ3) is 1.86. The summed E-state index contributed by atoms with van der Waals surface area (Å²) in [6.07, 6.45) is 1.76. The van der Waals surface area contributed by atoms with E-state index >= 15 is 0 Å². The van der Waals surface area contributed by atoms with Crippen LogP contribution in [0, 0.1) is 0 Å². The third-order valence-corrected chi connectivity index (χ3v) is 2.55. The molecule has 0 saturated heterocycles. The van der Waals surface area contributed by atoms with Gasteiger partial charge in [0.25, 0.3) is 0 Å². The van der Waals surface area contributed by atoms with Crippen molar-refractivity contribution in [3.63, 3.8) is 0 Å². The van der Waals surface area contributed by atoms with Crippen LogP contribution in [0.25, 0.3) is 6.08 Å². The molecule has 0 unspecified atom stereocenters. The molecule has 0 saturated carbocycles. The Hall–Kier alpha value is -0.960. The summed E-state index contributed by atoms with van der Waals surface area (Å²) in [6, 6.07) is 3.76. The third-order valence-electron chi connectivity index (χ3n) is 1.73. The first-order valence-electron chi connectivity index (χ1n) is 3.77. The molecular formula is C10H11BrO2. The van der Waals surface area contributed by atoms with Crippen LogP contribution in [-0.2, 0) is 0 Å². The molecule has 0 bridgehead atoms. The van der Waals surface area contributed by atoms with Gasteiger partial charge in [0.1, 0.15) is 0 Å². The number of ether oxygens (including phenoxy) is 2. The van der Waals surface area contributed by atoms with Crippen LogP contribution >= 0.6 is 15.9 Å². The molecule has 0 atom stereocenters. The van der Waals surface area contributed by atoms with E-state index in [1.807, 2.05) is 12.1 Å². The Kier molecular flexibility index (Phi) is 3.37. The molecule has 0 amide bonds. The van der Waals surface area contributed by atoms with Gasteiger partial charge in [-0.1, -0.05) is 12.7 Å². The number of hydrogen-bond acceptors (Lipinski definition) is 2. The van der Waals surface area contributed by atoms with Gasteiger partial charge in [-0.05, 0) is 33.6 Å². The Morgan fingerprint density at radius 3 is 2.46 bits per heavy atom. The topological polar surface area (TPSA) is 18.5 Å². The second-order valence-electron chi connectivity index (χ2n) is 2.41. The van der Waals surface area contributed by atoms with Gasteiger partial charge in [0.15, 0.2) is 11.5 Å². The average molecular weight is 243 g/mol. The zero-order valence-corrected chi connectivity index (χ0v) is 9.22. The monoisotopic (exact) mass is 242 g/mol. The molecule has 0 aromatic heterocycles. The van der Waals surface area contributed by atoms with E-state index in [1.165, 1.54) is 0 Å². The van der Waals surface area contributed by atoms with Crippen molar-refractivity contribution >= 4 is 22.0 Å². The molecule has 0 aliphatic heterocycles. The first kappa shape index (κ1) is 10.1. The van der Waals surface area contributed by atoms with Crippen molar-refractivity contribution in [2.24, 2.45) is 0 Å². The summed E-state index contributed by atoms with van der Waals surface area (Å²) >= 11 is 3.42. The van der Waals surface area contributed by atoms with Crippen molar-refractivity contribution in [2.75, 3.05) is 14.2 Å². The first-order chi connectivity index (χ1) is 6.24. The van der Waals surface area contributed by atoms with Crippen molar-refractivity contribution in [2.45, 2.75) is 0 Å². The van der Waals surface area contributed by atoms with Gasteiger partial charge >= 0.3 is 0 Å². The molecule has 0 spiro atoms. The van der Waals surface area contributed by atoms with E-state index in [9.17, 15) is 0 Å². The molecule has 70 valence electrons. The van der Waals surface area contributed by atoms with Crippen LogP contribution < -0.4 is 9.47 Å². The predicted octanol–water partition coefficient (Wildman–Crippen LogP) is 3.11. The van der Waals surface area contributed by atoms with E-state index in [0.29, 0.717) is 11.5 Å². The van der Waals surface area contributed by atoms with Gasteiger partial charge in [-0.3, -0.25) is 0 Å². The summed E-state index contributed by atoms with van der Waals surface area (Å²) in [5, 5.41) is 0. The Morgan fingerprint density at radius 2 is 2.00 bits per heavy atom. The minimum absolute atomic E-state index is 0.694. The fourth-order valence-electron chi connectivity index (χ4n) is 1.06. The highest BCUT2D eigenvalue weighted by Crippen LogP contribution is 2.37. The number of benzene rings is 1. The molecule has 0 aliphatic carbocycles. The lowest BCUT2D eigenvalue weighted by molar-refractivity contribution is 0.353. The van der Waals surface area contributed by atoms with Crippen LogP contribution in [0.3, 0.4) is 0 Å². The number of methoxy groups -OCH3 is 2. The maximum atomic E-state index is 5.19. The highest BCUT2D eigenvalue weighted by molar-refractivity contribution is 9.10. The van der Waals surface area contributed by atoms with Crippen molar-refractivity contribution < 1.29 is 9.47 Å². The van der Waals surface area contributed by atoms with E-state index in [1.54, 1.807) is 20.3 Å². The molecule has 1 rings (SSSR count). The van der Waals surface area contributed by atoms with Gasteiger partial charge in [-0.15, -0.1) is 0 Å². The molecule has 3 heteroatoms.